The second-order valence-electron chi connectivity index (χ2n) is 4.68. The predicted molar refractivity (Wildman–Crippen MR) is 79.4 cm³/mol. The fourth-order valence-electron chi connectivity index (χ4n) is 1.52. The van der Waals surface area contributed by atoms with Crippen LogP contribution in [0.15, 0.2) is 36.4 Å². The van der Waals surface area contributed by atoms with E-state index in [9.17, 15) is 9.59 Å². The Balaban J connectivity index is 2.39. The highest BCUT2D eigenvalue weighted by atomic mass is 16.5. The molecule has 0 radical (unpaired) electrons. The van der Waals surface area contributed by atoms with E-state index in [4.69, 9.17) is 4.74 Å². The summed E-state index contributed by atoms with van der Waals surface area (Å²) in [4.78, 5) is 23.3. The molecule has 0 unspecified atom stereocenters. The van der Waals surface area contributed by atoms with Gasteiger partial charge in [0, 0.05) is 11.3 Å². The van der Waals surface area contributed by atoms with E-state index in [-0.39, 0.29) is 17.9 Å². The zero-order valence-electron chi connectivity index (χ0n) is 12.1. The maximum Gasteiger partial charge on any atom is 0.333 e. The van der Waals surface area contributed by atoms with Crippen LogP contribution >= 0.6 is 0 Å². The lowest BCUT2D eigenvalue weighted by molar-refractivity contribution is -0.139. The lowest BCUT2D eigenvalue weighted by Gasteiger charge is -2.08. The molecule has 0 bridgehead atoms. The quantitative estimate of drug-likeness (QED) is 0.472. The number of benzene rings is 1. The summed E-state index contributed by atoms with van der Waals surface area (Å²) in [5, 5.41) is 2.71. The zero-order valence-corrected chi connectivity index (χ0v) is 12.1. The molecule has 0 saturated carbocycles. The number of amides is 1. The van der Waals surface area contributed by atoms with Crippen LogP contribution in [0.1, 0.15) is 31.7 Å². The molecule has 0 heterocycles. The molecule has 1 aromatic carbocycles. The fraction of sp³-hybridized carbons (Fsp3) is 0.375. The number of hydrogen-bond acceptors (Lipinski definition) is 3. The Morgan fingerprint density at radius 3 is 2.50 bits per heavy atom. The van der Waals surface area contributed by atoms with Crippen molar-refractivity contribution in [1.29, 1.82) is 0 Å². The molecule has 0 aliphatic rings. The standard InChI is InChI=1S/C16H21NO3/c1-4-5-10-20-16(19)13(3)11-15(18)17-14-8-6-12(2)7-9-14/h6-9H,3-5,10-11H2,1-2H3,(H,17,18). The number of aryl methyl sites for hydroxylation is 1. The van der Waals surface area contributed by atoms with Gasteiger partial charge in [-0.2, -0.15) is 0 Å². The number of carbonyl (C=O) groups excluding carboxylic acids is 2. The molecule has 0 aromatic heterocycles. The summed E-state index contributed by atoms with van der Waals surface area (Å²) in [5.41, 5.74) is 1.99. The van der Waals surface area contributed by atoms with Crippen LogP contribution < -0.4 is 5.32 Å². The summed E-state index contributed by atoms with van der Waals surface area (Å²) in [7, 11) is 0. The minimum Gasteiger partial charge on any atom is -0.462 e. The number of anilines is 1. The monoisotopic (exact) mass is 275 g/mol. The molecule has 0 aliphatic carbocycles. The molecule has 108 valence electrons. The largest absolute Gasteiger partial charge is 0.462 e. The molecule has 20 heavy (non-hydrogen) atoms. The minimum atomic E-state index is -0.502. The highest BCUT2D eigenvalue weighted by Gasteiger charge is 2.13. The van der Waals surface area contributed by atoms with Crippen molar-refractivity contribution < 1.29 is 14.3 Å². The third-order valence-corrected chi connectivity index (χ3v) is 2.73. The van der Waals surface area contributed by atoms with Crippen molar-refractivity contribution in [2.75, 3.05) is 11.9 Å². The van der Waals surface area contributed by atoms with Crippen LogP contribution in [0, 0.1) is 6.92 Å². The van der Waals surface area contributed by atoms with E-state index in [1.165, 1.54) is 0 Å². The van der Waals surface area contributed by atoms with Crippen LogP contribution in [0.4, 0.5) is 5.69 Å². The normalized spacial score (nSPS) is 9.90. The van der Waals surface area contributed by atoms with E-state index < -0.39 is 5.97 Å². The Bertz CT molecular complexity index is 477. The number of carbonyl (C=O) groups is 2. The van der Waals surface area contributed by atoms with Crippen LogP contribution in [0.3, 0.4) is 0 Å². The average molecular weight is 275 g/mol. The Morgan fingerprint density at radius 2 is 1.90 bits per heavy atom. The average Bonchev–Trinajstić information content (AvgIpc) is 2.41. The molecule has 0 spiro atoms. The van der Waals surface area contributed by atoms with Gasteiger partial charge in [0.25, 0.3) is 0 Å². The van der Waals surface area contributed by atoms with Crippen LogP contribution in [0.5, 0.6) is 0 Å². The van der Waals surface area contributed by atoms with Crippen LogP contribution in [-0.2, 0) is 14.3 Å². The number of ether oxygens (including phenoxy) is 1. The van der Waals surface area contributed by atoms with E-state index in [0.717, 1.165) is 18.4 Å². The summed E-state index contributed by atoms with van der Waals surface area (Å²) in [5.74, 6) is -0.774. The first-order chi connectivity index (χ1) is 9.52. The molecular formula is C16H21NO3. The minimum absolute atomic E-state index is 0.0567. The summed E-state index contributed by atoms with van der Waals surface area (Å²) < 4.78 is 4.99. The van der Waals surface area contributed by atoms with E-state index in [1.54, 1.807) is 0 Å². The van der Waals surface area contributed by atoms with Gasteiger partial charge in [-0.05, 0) is 25.5 Å². The van der Waals surface area contributed by atoms with Crippen molar-refractivity contribution in [2.24, 2.45) is 0 Å². The Labute approximate surface area is 119 Å². The summed E-state index contributed by atoms with van der Waals surface area (Å²) >= 11 is 0. The molecule has 4 heteroatoms. The summed E-state index contributed by atoms with van der Waals surface area (Å²) in [6, 6.07) is 7.44. The van der Waals surface area contributed by atoms with E-state index in [1.807, 2.05) is 38.1 Å². The van der Waals surface area contributed by atoms with Gasteiger partial charge in [-0.1, -0.05) is 37.6 Å². The Morgan fingerprint density at radius 1 is 1.25 bits per heavy atom. The molecule has 4 nitrogen and oxygen atoms in total. The van der Waals surface area contributed by atoms with Crippen LogP contribution in [0.2, 0.25) is 0 Å². The highest BCUT2D eigenvalue weighted by molar-refractivity contribution is 5.99. The molecule has 1 rings (SSSR count). The zero-order chi connectivity index (χ0) is 15.0. The van der Waals surface area contributed by atoms with Crippen LogP contribution in [-0.4, -0.2) is 18.5 Å². The lowest BCUT2D eigenvalue weighted by Crippen LogP contribution is -2.17. The van der Waals surface area contributed by atoms with Crippen molar-refractivity contribution >= 4 is 17.6 Å². The lowest BCUT2D eigenvalue weighted by atomic mass is 10.2. The first kappa shape index (κ1) is 16.0. The van der Waals surface area contributed by atoms with Gasteiger partial charge in [-0.15, -0.1) is 0 Å². The second-order valence-corrected chi connectivity index (χ2v) is 4.68. The van der Waals surface area contributed by atoms with Gasteiger partial charge >= 0.3 is 5.97 Å². The molecule has 0 aliphatic heterocycles. The van der Waals surface area contributed by atoms with Crippen LogP contribution in [0.25, 0.3) is 0 Å². The molecule has 1 amide bonds. The van der Waals surface area contributed by atoms with Gasteiger partial charge in [-0.25, -0.2) is 4.79 Å². The Kier molecular flexibility index (Phi) is 6.50. The van der Waals surface area contributed by atoms with Crippen molar-refractivity contribution in [3.05, 3.63) is 42.0 Å². The molecule has 0 fully saturated rings. The first-order valence-corrected chi connectivity index (χ1v) is 6.74. The second kappa shape index (κ2) is 8.15. The van der Waals surface area contributed by atoms with E-state index >= 15 is 0 Å². The van der Waals surface area contributed by atoms with Gasteiger partial charge in [0.1, 0.15) is 0 Å². The van der Waals surface area contributed by atoms with Crippen molar-refractivity contribution in [1.82, 2.24) is 0 Å². The topological polar surface area (TPSA) is 55.4 Å². The summed E-state index contributed by atoms with van der Waals surface area (Å²) in [6.45, 7) is 7.95. The van der Waals surface area contributed by atoms with Gasteiger partial charge in [0.15, 0.2) is 0 Å². The maximum absolute atomic E-state index is 11.8. The van der Waals surface area contributed by atoms with Gasteiger partial charge in [-0.3, -0.25) is 4.79 Å². The molecule has 0 saturated heterocycles. The molecule has 1 aromatic rings. The number of esters is 1. The number of unbranched alkanes of at least 4 members (excludes halogenated alkanes) is 1. The summed E-state index contributed by atoms with van der Waals surface area (Å²) in [6.07, 6.45) is 1.71. The van der Waals surface area contributed by atoms with Gasteiger partial charge in [0.05, 0.1) is 13.0 Å². The van der Waals surface area contributed by atoms with Gasteiger partial charge in [0.2, 0.25) is 5.91 Å². The number of nitrogens with one attached hydrogen (secondary N) is 1. The third-order valence-electron chi connectivity index (χ3n) is 2.73. The Hall–Kier alpha value is -2.10. The smallest absolute Gasteiger partial charge is 0.333 e. The highest BCUT2D eigenvalue weighted by Crippen LogP contribution is 2.10. The molecular weight excluding hydrogens is 254 g/mol. The first-order valence-electron chi connectivity index (χ1n) is 6.74. The molecule has 1 N–H and O–H groups in total. The number of hydrogen-bond donors (Lipinski definition) is 1. The third kappa shape index (κ3) is 5.69. The van der Waals surface area contributed by atoms with Gasteiger partial charge < -0.3 is 10.1 Å². The van der Waals surface area contributed by atoms with Crippen molar-refractivity contribution in [2.45, 2.75) is 33.1 Å². The van der Waals surface area contributed by atoms with E-state index in [2.05, 4.69) is 11.9 Å². The van der Waals surface area contributed by atoms with Crippen molar-refractivity contribution in [3.63, 3.8) is 0 Å². The predicted octanol–water partition coefficient (Wildman–Crippen LogP) is 3.22. The van der Waals surface area contributed by atoms with Crippen molar-refractivity contribution in [3.8, 4) is 0 Å². The SMILES string of the molecule is C=C(CC(=O)Nc1ccc(C)cc1)C(=O)OCCCC. The van der Waals surface area contributed by atoms with E-state index in [0.29, 0.717) is 12.3 Å². The number of rotatable bonds is 7. The maximum atomic E-state index is 11.8. The molecule has 0 atom stereocenters. The fourth-order valence-corrected chi connectivity index (χ4v) is 1.52.